The molecule has 3 heterocycles. The molecule has 0 atom stereocenters. The number of rotatable bonds is 6. The van der Waals surface area contributed by atoms with Gasteiger partial charge in [0, 0.05) is 23.3 Å². The zero-order valence-corrected chi connectivity index (χ0v) is 22.5. The van der Waals surface area contributed by atoms with Crippen molar-refractivity contribution in [2.24, 2.45) is 0 Å². The molecule has 206 valence electrons. The van der Waals surface area contributed by atoms with Gasteiger partial charge in [0.15, 0.2) is 4.96 Å². The normalized spacial score (nSPS) is 11.8. The lowest BCUT2D eigenvalue weighted by molar-refractivity contribution is -0.137. The molecule has 0 aliphatic carbocycles. The van der Waals surface area contributed by atoms with E-state index in [0.717, 1.165) is 17.7 Å². The lowest BCUT2D eigenvalue weighted by Gasteiger charge is -2.10. The van der Waals surface area contributed by atoms with Gasteiger partial charge in [0.25, 0.3) is 5.56 Å². The van der Waals surface area contributed by atoms with Crippen LogP contribution in [0.3, 0.4) is 0 Å². The van der Waals surface area contributed by atoms with Gasteiger partial charge in [0.05, 0.1) is 28.9 Å². The van der Waals surface area contributed by atoms with Crippen LogP contribution < -0.4 is 10.9 Å². The summed E-state index contributed by atoms with van der Waals surface area (Å²) < 4.78 is 55.8. The number of nitrogens with zero attached hydrogens (tertiary/aromatic N) is 4. The first kappa shape index (κ1) is 27.3. The van der Waals surface area contributed by atoms with Crippen LogP contribution in [0.1, 0.15) is 33.8 Å². The van der Waals surface area contributed by atoms with Crippen molar-refractivity contribution in [3.63, 3.8) is 0 Å². The van der Waals surface area contributed by atoms with Gasteiger partial charge < -0.3 is 5.32 Å². The quantitative estimate of drug-likeness (QED) is 0.272. The van der Waals surface area contributed by atoms with E-state index in [2.05, 4.69) is 15.4 Å². The number of amides is 1. The molecule has 2 aromatic carbocycles. The molecule has 0 aliphatic heterocycles. The van der Waals surface area contributed by atoms with Gasteiger partial charge >= 0.3 is 6.18 Å². The average molecular weight is 570 g/mol. The van der Waals surface area contributed by atoms with E-state index in [1.165, 1.54) is 40.0 Å². The summed E-state index contributed by atoms with van der Waals surface area (Å²) in [6.07, 6.45) is -4.66. The molecule has 0 radical (unpaired) electrons. The van der Waals surface area contributed by atoms with Gasteiger partial charge in [-0.05, 0) is 62.2 Å². The Morgan fingerprint density at radius 2 is 1.85 bits per heavy atom. The number of nitrogens with one attached hydrogen (secondary N) is 1. The number of halogens is 4. The van der Waals surface area contributed by atoms with Crippen LogP contribution in [0, 0.1) is 26.6 Å². The molecule has 0 aliphatic rings. The molecule has 5 rings (SSSR count). The second-order valence-corrected chi connectivity index (χ2v) is 10.2. The van der Waals surface area contributed by atoms with Crippen LogP contribution in [0.2, 0.25) is 0 Å². The van der Waals surface area contributed by atoms with Gasteiger partial charge in [0.2, 0.25) is 5.91 Å². The fraction of sp³-hybridized carbons (Fsp3) is 0.214. The summed E-state index contributed by atoms with van der Waals surface area (Å²) in [6, 6.07) is 10.8. The van der Waals surface area contributed by atoms with E-state index in [1.807, 2.05) is 6.92 Å². The Hall–Kier alpha value is -4.32. The number of alkyl halides is 3. The predicted octanol–water partition coefficient (Wildman–Crippen LogP) is 5.55. The standard InChI is InChI=1S/C28H23F4N5O2S/c1-15-7-8-20(29)11-23(15)37-16(2)9-22(35-37)25-17(3)34-27-36(26(25)39)21(14-40-27)12-24(38)33-13-18-5-4-6-19(10-18)28(30,31)32/h4-11,14H,12-13H2,1-3H3,(H,33,38). The highest BCUT2D eigenvalue weighted by Crippen LogP contribution is 2.29. The molecular weight excluding hydrogens is 546 g/mol. The smallest absolute Gasteiger partial charge is 0.352 e. The number of hydrogen-bond acceptors (Lipinski definition) is 5. The van der Waals surface area contributed by atoms with Crippen LogP contribution in [0.5, 0.6) is 0 Å². The maximum atomic E-state index is 13.9. The van der Waals surface area contributed by atoms with E-state index >= 15 is 0 Å². The van der Waals surface area contributed by atoms with Gasteiger partial charge in [-0.3, -0.25) is 14.0 Å². The number of fused-ring (bicyclic) bond motifs is 1. The van der Waals surface area contributed by atoms with Crippen molar-refractivity contribution in [2.45, 2.75) is 39.9 Å². The summed E-state index contributed by atoms with van der Waals surface area (Å²) in [5.74, 6) is -0.876. The molecule has 1 amide bonds. The van der Waals surface area contributed by atoms with E-state index < -0.39 is 29.0 Å². The van der Waals surface area contributed by atoms with Crippen LogP contribution in [-0.4, -0.2) is 25.1 Å². The van der Waals surface area contributed by atoms with Crippen molar-refractivity contribution < 1.29 is 22.4 Å². The predicted molar refractivity (Wildman–Crippen MR) is 143 cm³/mol. The molecule has 0 bridgehead atoms. The van der Waals surface area contributed by atoms with Crippen molar-refractivity contribution in [3.8, 4) is 16.9 Å². The van der Waals surface area contributed by atoms with Crippen LogP contribution in [0.4, 0.5) is 17.6 Å². The van der Waals surface area contributed by atoms with Gasteiger partial charge in [-0.15, -0.1) is 11.3 Å². The van der Waals surface area contributed by atoms with Gasteiger partial charge in [-0.2, -0.15) is 18.3 Å². The van der Waals surface area contributed by atoms with Gasteiger partial charge in [0.1, 0.15) is 11.5 Å². The minimum Gasteiger partial charge on any atom is -0.352 e. The summed E-state index contributed by atoms with van der Waals surface area (Å²) in [5, 5.41) is 8.85. The fourth-order valence-electron chi connectivity index (χ4n) is 4.46. The lowest BCUT2D eigenvalue weighted by Crippen LogP contribution is -2.27. The molecular formula is C28H23F4N5O2S. The van der Waals surface area contributed by atoms with Crippen molar-refractivity contribution in [3.05, 3.63) is 104 Å². The minimum absolute atomic E-state index is 0.0987. The van der Waals surface area contributed by atoms with Crippen LogP contribution >= 0.6 is 11.3 Å². The lowest BCUT2D eigenvalue weighted by atomic mass is 10.1. The average Bonchev–Trinajstić information content (AvgIpc) is 3.47. The number of aromatic nitrogens is 4. The van der Waals surface area contributed by atoms with Crippen molar-refractivity contribution in [1.82, 2.24) is 24.5 Å². The second kappa shape index (κ2) is 10.3. The number of aryl methyl sites for hydroxylation is 3. The van der Waals surface area contributed by atoms with E-state index in [4.69, 9.17) is 0 Å². The first-order valence-electron chi connectivity index (χ1n) is 12.2. The molecule has 0 saturated heterocycles. The van der Waals surface area contributed by atoms with Crippen molar-refractivity contribution >= 4 is 22.2 Å². The number of thiazole rings is 1. The third-order valence-corrected chi connectivity index (χ3v) is 7.32. The summed E-state index contributed by atoms with van der Waals surface area (Å²) >= 11 is 1.20. The second-order valence-electron chi connectivity index (χ2n) is 9.39. The van der Waals surface area contributed by atoms with Crippen LogP contribution in [0.25, 0.3) is 21.9 Å². The topological polar surface area (TPSA) is 81.3 Å². The summed E-state index contributed by atoms with van der Waals surface area (Å²) in [5.41, 5.74) is 2.57. The Kier molecular flexibility index (Phi) is 7.05. The Morgan fingerprint density at radius 3 is 2.60 bits per heavy atom. The SMILES string of the molecule is Cc1ccc(F)cc1-n1nc(-c2c(C)nc3scc(CC(=O)NCc4cccc(C(F)(F)F)c4)n3c2=O)cc1C. The number of carbonyl (C=O) groups excluding carboxylic acids is 1. The minimum atomic E-state index is -4.48. The zero-order valence-electron chi connectivity index (χ0n) is 21.6. The molecule has 12 heteroatoms. The summed E-state index contributed by atoms with van der Waals surface area (Å²) in [4.78, 5) is 31.3. The van der Waals surface area contributed by atoms with E-state index in [-0.39, 0.29) is 18.5 Å². The first-order chi connectivity index (χ1) is 18.9. The maximum Gasteiger partial charge on any atom is 0.416 e. The highest BCUT2D eigenvalue weighted by molar-refractivity contribution is 7.15. The monoisotopic (exact) mass is 569 g/mol. The molecule has 0 saturated carbocycles. The molecule has 5 aromatic rings. The van der Waals surface area contributed by atoms with E-state index in [1.54, 1.807) is 36.0 Å². The molecule has 0 unspecified atom stereocenters. The van der Waals surface area contributed by atoms with E-state index in [0.29, 0.717) is 39.0 Å². The van der Waals surface area contributed by atoms with Gasteiger partial charge in [-0.1, -0.05) is 18.2 Å². The maximum absolute atomic E-state index is 13.9. The Balaban J connectivity index is 1.43. The molecule has 1 N–H and O–H groups in total. The third kappa shape index (κ3) is 5.26. The highest BCUT2D eigenvalue weighted by Gasteiger charge is 2.30. The number of hydrogen-bond donors (Lipinski definition) is 1. The van der Waals surface area contributed by atoms with Crippen molar-refractivity contribution in [2.75, 3.05) is 0 Å². The molecule has 0 spiro atoms. The highest BCUT2D eigenvalue weighted by atomic mass is 32.1. The molecule has 3 aromatic heterocycles. The number of benzene rings is 2. The largest absolute Gasteiger partial charge is 0.416 e. The van der Waals surface area contributed by atoms with Crippen molar-refractivity contribution in [1.29, 1.82) is 0 Å². The zero-order chi connectivity index (χ0) is 28.8. The number of carbonyl (C=O) groups is 1. The van der Waals surface area contributed by atoms with E-state index in [9.17, 15) is 27.2 Å². The first-order valence-corrected chi connectivity index (χ1v) is 13.1. The molecule has 7 nitrogen and oxygen atoms in total. The Labute approximate surface area is 229 Å². The van der Waals surface area contributed by atoms with Crippen LogP contribution in [-0.2, 0) is 23.9 Å². The summed E-state index contributed by atoms with van der Waals surface area (Å²) in [6.45, 7) is 5.22. The Bertz CT molecular complexity index is 1820. The van der Waals surface area contributed by atoms with Crippen LogP contribution in [0.15, 0.2) is 58.7 Å². The summed E-state index contributed by atoms with van der Waals surface area (Å²) in [7, 11) is 0. The van der Waals surface area contributed by atoms with Gasteiger partial charge in [-0.25, -0.2) is 14.1 Å². The molecule has 40 heavy (non-hydrogen) atoms. The third-order valence-electron chi connectivity index (χ3n) is 6.45. The Morgan fingerprint density at radius 1 is 1.07 bits per heavy atom. The molecule has 0 fully saturated rings. The fourth-order valence-corrected chi connectivity index (χ4v) is 5.39.